The van der Waals surface area contributed by atoms with E-state index in [0.717, 1.165) is 6.42 Å². The number of likely N-dealkylation sites (tertiary alicyclic amines) is 1. The maximum atomic E-state index is 12.1. The zero-order chi connectivity index (χ0) is 14.1. The van der Waals surface area contributed by atoms with E-state index in [0.29, 0.717) is 0 Å². The van der Waals surface area contributed by atoms with Gasteiger partial charge in [-0.2, -0.15) is 0 Å². The van der Waals surface area contributed by atoms with E-state index in [4.69, 9.17) is 4.74 Å². The number of nitrogens with zero attached hydrogens (tertiary/aromatic N) is 1. The number of alkyl carbamates (subject to hydrolysis) is 1. The summed E-state index contributed by atoms with van der Waals surface area (Å²) in [7, 11) is 0. The zero-order valence-electron chi connectivity index (χ0n) is 12.1. The molecule has 1 heterocycles. The van der Waals surface area contributed by atoms with Crippen molar-refractivity contribution in [3.8, 4) is 0 Å². The molecule has 5 heteroatoms. The molecule has 1 saturated heterocycles. The van der Waals surface area contributed by atoms with Crippen LogP contribution in [0.25, 0.3) is 0 Å². The predicted octanol–water partition coefficient (Wildman–Crippen LogP) is 1.91. The first-order valence-corrected chi connectivity index (χ1v) is 6.43. The molecule has 3 atom stereocenters. The van der Waals surface area contributed by atoms with Gasteiger partial charge in [0.1, 0.15) is 11.6 Å². The molecular formula is C13H24N2O3. The van der Waals surface area contributed by atoms with Gasteiger partial charge in [-0.1, -0.05) is 0 Å². The van der Waals surface area contributed by atoms with Gasteiger partial charge < -0.3 is 15.0 Å². The van der Waals surface area contributed by atoms with Crippen LogP contribution in [0.5, 0.6) is 0 Å². The number of carbonyl (C=O) groups excluding carboxylic acids is 2. The summed E-state index contributed by atoms with van der Waals surface area (Å²) in [5, 5.41) is 2.57. The normalized spacial score (nSPS) is 25.1. The molecule has 1 fully saturated rings. The minimum absolute atomic E-state index is 0.0490. The highest BCUT2D eigenvalue weighted by atomic mass is 16.6. The minimum atomic E-state index is -0.552. The summed E-state index contributed by atoms with van der Waals surface area (Å²) in [6.07, 6.45) is 0.467. The molecular weight excluding hydrogens is 232 g/mol. The largest absolute Gasteiger partial charge is 0.444 e. The molecule has 0 aliphatic carbocycles. The molecule has 2 unspecified atom stereocenters. The quantitative estimate of drug-likeness (QED) is 0.821. The molecule has 1 aliphatic heterocycles. The molecule has 0 saturated carbocycles. The molecule has 2 amide bonds. The molecule has 0 aromatic carbocycles. The van der Waals surface area contributed by atoms with Crippen LogP contribution in [-0.2, 0) is 9.53 Å². The topological polar surface area (TPSA) is 58.6 Å². The molecule has 1 rings (SSSR count). The van der Waals surface area contributed by atoms with Gasteiger partial charge in [0.25, 0.3) is 0 Å². The number of amides is 2. The average Bonchev–Trinajstić information content (AvgIpc) is 2.13. The standard InChI is InChI=1S/C13H24N2O3/c1-8-7-9(2)15(8)11(16)10(3)14-12(17)18-13(4,5)6/h8-10H,7H2,1-6H3,(H,14,17)/t8?,9?,10-/m1/s1. The fraction of sp³-hybridized carbons (Fsp3) is 0.846. The van der Waals surface area contributed by atoms with Crippen LogP contribution in [-0.4, -0.2) is 40.6 Å². The van der Waals surface area contributed by atoms with Gasteiger partial charge >= 0.3 is 6.09 Å². The van der Waals surface area contributed by atoms with E-state index in [1.807, 2.05) is 18.7 Å². The number of nitrogens with one attached hydrogen (secondary N) is 1. The van der Waals surface area contributed by atoms with Crippen LogP contribution >= 0.6 is 0 Å². The Morgan fingerprint density at radius 2 is 1.78 bits per heavy atom. The molecule has 1 N–H and O–H groups in total. The second kappa shape index (κ2) is 5.16. The third-order valence-corrected chi connectivity index (χ3v) is 2.99. The Hall–Kier alpha value is -1.26. The Balaban J connectivity index is 2.48. The van der Waals surface area contributed by atoms with Crippen LogP contribution in [0, 0.1) is 0 Å². The number of rotatable bonds is 2. The maximum Gasteiger partial charge on any atom is 0.408 e. The van der Waals surface area contributed by atoms with E-state index >= 15 is 0 Å². The number of ether oxygens (including phenoxy) is 1. The number of hydrogen-bond acceptors (Lipinski definition) is 3. The SMILES string of the molecule is CC1CC(C)N1C(=O)[C@@H](C)NC(=O)OC(C)(C)C. The maximum absolute atomic E-state index is 12.1. The third-order valence-electron chi connectivity index (χ3n) is 2.99. The van der Waals surface area contributed by atoms with Crippen LogP contribution in [0.2, 0.25) is 0 Å². The Labute approximate surface area is 109 Å². The summed E-state index contributed by atoms with van der Waals surface area (Å²) in [6, 6.07) is -0.0316. The second-order valence-electron chi connectivity index (χ2n) is 6.05. The fourth-order valence-corrected chi connectivity index (χ4v) is 2.22. The van der Waals surface area contributed by atoms with E-state index < -0.39 is 17.7 Å². The van der Waals surface area contributed by atoms with E-state index in [1.54, 1.807) is 27.7 Å². The molecule has 0 spiro atoms. The lowest BCUT2D eigenvalue weighted by atomic mass is 9.94. The summed E-state index contributed by atoms with van der Waals surface area (Å²) in [5.74, 6) is -0.0490. The molecule has 104 valence electrons. The monoisotopic (exact) mass is 256 g/mol. The van der Waals surface area contributed by atoms with Gasteiger partial charge in [0.05, 0.1) is 0 Å². The first kappa shape index (κ1) is 14.8. The minimum Gasteiger partial charge on any atom is -0.444 e. The van der Waals surface area contributed by atoms with Crippen molar-refractivity contribution < 1.29 is 14.3 Å². The van der Waals surface area contributed by atoms with Crippen molar-refractivity contribution in [2.24, 2.45) is 0 Å². The summed E-state index contributed by atoms with van der Waals surface area (Å²) < 4.78 is 5.12. The lowest BCUT2D eigenvalue weighted by Crippen LogP contribution is -2.60. The van der Waals surface area contributed by atoms with Gasteiger partial charge in [-0.15, -0.1) is 0 Å². The summed E-state index contributed by atoms with van der Waals surface area (Å²) in [6.45, 7) is 11.1. The molecule has 1 aliphatic rings. The van der Waals surface area contributed by atoms with Crippen LogP contribution in [0.15, 0.2) is 0 Å². The molecule has 0 radical (unpaired) electrons. The van der Waals surface area contributed by atoms with Crippen molar-refractivity contribution in [2.45, 2.75) is 71.7 Å². The highest BCUT2D eigenvalue weighted by molar-refractivity contribution is 5.86. The summed E-state index contributed by atoms with van der Waals surface area (Å²) in [5.41, 5.74) is -0.551. The Morgan fingerprint density at radius 3 is 2.17 bits per heavy atom. The van der Waals surface area contributed by atoms with Gasteiger partial charge in [0.2, 0.25) is 5.91 Å². The van der Waals surface area contributed by atoms with Crippen LogP contribution < -0.4 is 5.32 Å². The van der Waals surface area contributed by atoms with Crippen LogP contribution in [0.4, 0.5) is 4.79 Å². The van der Waals surface area contributed by atoms with Crippen molar-refractivity contribution in [3.05, 3.63) is 0 Å². The van der Waals surface area contributed by atoms with E-state index in [-0.39, 0.29) is 18.0 Å². The highest BCUT2D eigenvalue weighted by Gasteiger charge is 2.38. The summed E-state index contributed by atoms with van der Waals surface area (Å²) in [4.78, 5) is 25.5. The molecule has 0 bridgehead atoms. The van der Waals surface area contributed by atoms with Crippen molar-refractivity contribution in [1.29, 1.82) is 0 Å². The predicted molar refractivity (Wildman–Crippen MR) is 69.2 cm³/mol. The Bertz CT molecular complexity index is 328. The molecule has 0 aromatic rings. The third kappa shape index (κ3) is 3.62. The Morgan fingerprint density at radius 1 is 1.28 bits per heavy atom. The fourth-order valence-electron chi connectivity index (χ4n) is 2.22. The van der Waals surface area contributed by atoms with E-state index in [9.17, 15) is 9.59 Å². The second-order valence-corrected chi connectivity index (χ2v) is 6.05. The Kier molecular flexibility index (Phi) is 4.24. The molecule has 5 nitrogen and oxygen atoms in total. The lowest BCUT2D eigenvalue weighted by molar-refractivity contribution is -0.144. The van der Waals surface area contributed by atoms with Gasteiger partial charge in [0.15, 0.2) is 0 Å². The van der Waals surface area contributed by atoms with Crippen molar-refractivity contribution >= 4 is 12.0 Å². The van der Waals surface area contributed by atoms with Crippen molar-refractivity contribution in [2.75, 3.05) is 0 Å². The average molecular weight is 256 g/mol. The first-order valence-electron chi connectivity index (χ1n) is 6.43. The van der Waals surface area contributed by atoms with Crippen molar-refractivity contribution in [1.82, 2.24) is 10.2 Å². The van der Waals surface area contributed by atoms with Gasteiger partial charge in [-0.05, 0) is 48.0 Å². The zero-order valence-corrected chi connectivity index (χ0v) is 12.1. The highest BCUT2D eigenvalue weighted by Crippen LogP contribution is 2.25. The van der Waals surface area contributed by atoms with Crippen molar-refractivity contribution in [3.63, 3.8) is 0 Å². The first-order chi connectivity index (χ1) is 8.11. The lowest BCUT2D eigenvalue weighted by Gasteiger charge is -2.46. The van der Waals surface area contributed by atoms with Gasteiger partial charge in [0, 0.05) is 12.1 Å². The summed E-state index contributed by atoms with van der Waals surface area (Å²) >= 11 is 0. The van der Waals surface area contributed by atoms with E-state index in [1.165, 1.54) is 0 Å². The molecule has 0 aromatic heterocycles. The van der Waals surface area contributed by atoms with Gasteiger partial charge in [-0.25, -0.2) is 4.79 Å². The number of hydrogen-bond donors (Lipinski definition) is 1. The molecule has 18 heavy (non-hydrogen) atoms. The number of carbonyl (C=O) groups is 2. The smallest absolute Gasteiger partial charge is 0.408 e. The van der Waals surface area contributed by atoms with Crippen LogP contribution in [0.1, 0.15) is 48.0 Å². The van der Waals surface area contributed by atoms with Crippen LogP contribution in [0.3, 0.4) is 0 Å². The van der Waals surface area contributed by atoms with E-state index in [2.05, 4.69) is 5.32 Å². The van der Waals surface area contributed by atoms with Gasteiger partial charge in [-0.3, -0.25) is 4.79 Å².